The average Bonchev–Trinajstić information content (AvgIpc) is 3.98. The third-order valence-electron chi connectivity index (χ3n) is 12.4. The normalized spacial score (nSPS) is 13.7. The minimum Gasteiger partial charge on any atom is -0.437 e. The molecule has 262 valence electrons. The van der Waals surface area contributed by atoms with Crippen molar-refractivity contribution in [3.05, 3.63) is 163 Å². The maximum atomic E-state index is 6.68. The van der Waals surface area contributed by atoms with Crippen LogP contribution in [0.5, 0.6) is 0 Å². The molecule has 0 saturated carbocycles. The smallest absolute Gasteiger partial charge is 0.238 e. The molecule has 0 saturated heterocycles. The van der Waals surface area contributed by atoms with E-state index in [9.17, 15) is 0 Å². The van der Waals surface area contributed by atoms with E-state index in [4.69, 9.17) is 14.4 Å². The van der Waals surface area contributed by atoms with Gasteiger partial charge in [0.15, 0.2) is 0 Å². The van der Waals surface area contributed by atoms with Gasteiger partial charge in [0, 0.05) is 42.6 Å². The van der Waals surface area contributed by atoms with Crippen LogP contribution in [0.1, 0.15) is 25.0 Å². The van der Waals surface area contributed by atoms with Crippen LogP contribution in [0.15, 0.2) is 156 Å². The van der Waals surface area contributed by atoms with Crippen molar-refractivity contribution in [1.29, 1.82) is 0 Å². The van der Waals surface area contributed by atoms with Crippen LogP contribution < -0.4 is 0 Å². The summed E-state index contributed by atoms with van der Waals surface area (Å²) in [5.41, 5.74) is 10.6. The molecule has 4 heterocycles. The first-order chi connectivity index (χ1) is 27.5. The van der Waals surface area contributed by atoms with E-state index in [1.54, 1.807) is 0 Å². The summed E-state index contributed by atoms with van der Waals surface area (Å²) in [6, 6.07) is 54.9. The number of thiophene rings is 1. The lowest BCUT2D eigenvalue weighted by Gasteiger charge is -2.22. The summed E-state index contributed by atoms with van der Waals surface area (Å²) in [4.78, 5) is 11.1. The number of aromatic nitrogens is 3. The molecule has 5 heteroatoms. The van der Waals surface area contributed by atoms with Gasteiger partial charge in [0.1, 0.15) is 5.58 Å². The van der Waals surface area contributed by atoms with Gasteiger partial charge in [-0.2, -0.15) is 4.98 Å². The molecule has 13 rings (SSSR count). The number of fused-ring (bicyclic) bond motifs is 18. The second kappa shape index (κ2) is 10.7. The summed E-state index contributed by atoms with van der Waals surface area (Å²) >= 11 is 1.85. The first-order valence-electron chi connectivity index (χ1n) is 19.2. The fourth-order valence-corrected chi connectivity index (χ4v) is 11.2. The maximum Gasteiger partial charge on any atom is 0.238 e. The summed E-state index contributed by atoms with van der Waals surface area (Å²) in [7, 11) is 0. The lowest BCUT2D eigenvalue weighted by molar-refractivity contribution is 0.651. The van der Waals surface area contributed by atoms with Gasteiger partial charge in [-0.25, -0.2) is 4.98 Å². The quantitative estimate of drug-likeness (QED) is 0.178. The minimum absolute atomic E-state index is 0.156. The van der Waals surface area contributed by atoms with E-state index in [0.717, 1.165) is 38.6 Å². The molecule has 56 heavy (non-hydrogen) atoms. The van der Waals surface area contributed by atoms with Crippen molar-refractivity contribution >= 4 is 96.9 Å². The van der Waals surface area contributed by atoms with Gasteiger partial charge in [0.05, 0.1) is 26.8 Å². The molecule has 4 nitrogen and oxygen atoms in total. The number of para-hydroxylation sites is 1. The summed E-state index contributed by atoms with van der Waals surface area (Å²) in [6.45, 7) is 4.66. The van der Waals surface area contributed by atoms with Crippen LogP contribution in [0, 0.1) is 0 Å². The number of benzene rings is 8. The predicted molar refractivity (Wildman–Crippen MR) is 235 cm³/mol. The van der Waals surface area contributed by atoms with E-state index >= 15 is 0 Å². The summed E-state index contributed by atoms with van der Waals surface area (Å²) in [5, 5.41) is 11.8. The van der Waals surface area contributed by atoms with Gasteiger partial charge < -0.3 is 4.42 Å². The maximum absolute atomic E-state index is 6.68. The third kappa shape index (κ3) is 3.83. The molecule has 0 unspecified atom stereocenters. The Bertz CT molecular complexity index is 3690. The molecule has 0 aliphatic heterocycles. The Labute approximate surface area is 324 Å². The third-order valence-corrected chi connectivity index (χ3v) is 13.6. The van der Waals surface area contributed by atoms with Gasteiger partial charge in [-0.15, -0.1) is 11.3 Å². The minimum atomic E-state index is -0.156. The molecule has 0 spiro atoms. The van der Waals surface area contributed by atoms with E-state index in [-0.39, 0.29) is 5.41 Å². The number of rotatable bonds is 2. The molecular formula is C51H31N3OS. The van der Waals surface area contributed by atoms with E-state index in [1.165, 1.54) is 74.7 Å². The van der Waals surface area contributed by atoms with Crippen LogP contribution in [-0.4, -0.2) is 14.5 Å². The standard InChI is InChI=1S/C51H31N3OS/c1-51(2)37-20-10-7-15-31(37)32-25-23-29(27-38(32)51)46-45-35-18-8-11-21-40(35)55-49(45)53-50(52-46)54-39-26-24-28-13-3-4-14-30(28)43(39)44-34-17-6-5-16-33(34)42-36-19-9-12-22-41(36)56-48(42)47(44)54/h3-27H,1-2H3. The summed E-state index contributed by atoms with van der Waals surface area (Å²) in [6.07, 6.45) is 0. The highest BCUT2D eigenvalue weighted by Gasteiger charge is 2.36. The van der Waals surface area contributed by atoms with Gasteiger partial charge in [-0.05, 0) is 68.1 Å². The fourth-order valence-electron chi connectivity index (χ4n) is 9.92. The lowest BCUT2D eigenvalue weighted by Crippen LogP contribution is -2.15. The molecule has 1 aliphatic rings. The van der Waals surface area contributed by atoms with Crippen LogP contribution >= 0.6 is 11.3 Å². The van der Waals surface area contributed by atoms with Crippen molar-refractivity contribution in [2.24, 2.45) is 0 Å². The Morgan fingerprint density at radius 1 is 0.554 bits per heavy atom. The second-order valence-electron chi connectivity index (χ2n) is 15.7. The number of hydrogen-bond acceptors (Lipinski definition) is 4. The van der Waals surface area contributed by atoms with Crippen LogP contribution in [0.2, 0.25) is 0 Å². The first kappa shape index (κ1) is 30.5. The topological polar surface area (TPSA) is 43.9 Å². The average molecular weight is 734 g/mol. The Morgan fingerprint density at radius 2 is 1.25 bits per heavy atom. The van der Waals surface area contributed by atoms with Crippen LogP contribution in [0.25, 0.3) is 114 Å². The molecule has 0 bridgehead atoms. The number of hydrogen-bond donors (Lipinski definition) is 0. The van der Waals surface area contributed by atoms with E-state index in [1.807, 2.05) is 23.5 Å². The van der Waals surface area contributed by atoms with Crippen LogP contribution in [0.3, 0.4) is 0 Å². The largest absolute Gasteiger partial charge is 0.437 e. The molecule has 8 aromatic carbocycles. The van der Waals surface area contributed by atoms with Gasteiger partial charge in [-0.1, -0.05) is 141 Å². The summed E-state index contributed by atoms with van der Waals surface area (Å²) < 4.78 is 11.5. The molecule has 0 amide bonds. The van der Waals surface area contributed by atoms with Crippen LogP contribution in [0.4, 0.5) is 0 Å². The molecule has 0 atom stereocenters. The zero-order valence-electron chi connectivity index (χ0n) is 30.6. The number of nitrogens with zero attached hydrogens (tertiary/aromatic N) is 3. The van der Waals surface area contributed by atoms with Crippen molar-refractivity contribution < 1.29 is 4.42 Å². The Morgan fingerprint density at radius 3 is 2.12 bits per heavy atom. The predicted octanol–water partition coefficient (Wildman–Crippen LogP) is 14.1. The molecule has 4 aromatic heterocycles. The highest BCUT2D eigenvalue weighted by molar-refractivity contribution is 7.27. The highest BCUT2D eigenvalue weighted by atomic mass is 32.1. The molecule has 0 N–H and O–H groups in total. The Hall–Kier alpha value is -6.82. The zero-order chi connectivity index (χ0) is 36.9. The van der Waals surface area contributed by atoms with Crippen molar-refractivity contribution in [2.45, 2.75) is 19.3 Å². The Kier molecular flexibility index (Phi) is 5.82. The molecule has 0 radical (unpaired) electrons. The van der Waals surface area contributed by atoms with Crippen molar-refractivity contribution in [2.75, 3.05) is 0 Å². The van der Waals surface area contributed by atoms with Gasteiger partial charge in [-0.3, -0.25) is 4.57 Å². The van der Waals surface area contributed by atoms with Gasteiger partial charge in [0.25, 0.3) is 0 Å². The van der Waals surface area contributed by atoms with Crippen molar-refractivity contribution in [3.8, 4) is 28.3 Å². The van der Waals surface area contributed by atoms with E-state index < -0.39 is 0 Å². The van der Waals surface area contributed by atoms with Crippen LogP contribution in [-0.2, 0) is 5.41 Å². The van der Waals surface area contributed by atoms with E-state index in [2.05, 4.69) is 158 Å². The molecule has 1 aliphatic carbocycles. The Balaban J connectivity index is 1.22. The van der Waals surface area contributed by atoms with Gasteiger partial charge in [0.2, 0.25) is 11.7 Å². The highest BCUT2D eigenvalue weighted by Crippen LogP contribution is 2.51. The first-order valence-corrected chi connectivity index (χ1v) is 20.0. The monoisotopic (exact) mass is 733 g/mol. The molecular weight excluding hydrogens is 703 g/mol. The second-order valence-corrected chi connectivity index (χ2v) is 16.7. The SMILES string of the molecule is CC1(C)c2ccccc2-c2ccc(-c3nc(-n4c5ccc6ccccc6c5c5c6ccccc6c6c7ccccc7sc6c54)nc4oc5ccccc5c34)cc21. The zero-order valence-corrected chi connectivity index (χ0v) is 31.4. The van der Waals surface area contributed by atoms with Crippen molar-refractivity contribution in [1.82, 2.24) is 14.5 Å². The number of furan rings is 1. The lowest BCUT2D eigenvalue weighted by atomic mass is 9.82. The van der Waals surface area contributed by atoms with Crippen molar-refractivity contribution in [3.63, 3.8) is 0 Å². The summed E-state index contributed by atoms with van der Waals surface area (Å²) in [5.74, 6) is 0.596. The van der Waals surface area contributed by atoms with E-state index in [0.29, 0.717) is 11.7 Å². The molecule has 12 aromatic rings. The fraction of sp³-hybridized carbons (Fsp3) is 0.0588. The van der Waals surface area contributed by atoms with Gasteiger partial charge >= 0.3 is 0 Å². The molecule has 0 fully saturated rings.